The maximum Gasteiger partial charge on any atom is 0.188 e. The van der Waals surface area contributed by atoms with Gasteiger partial charge in [0, 0.05) is 6.54 Å². The van der Waals surface area contributed by atoms with Crippen molar-refractivity contribution in [3.8, 4) is 5.75 Å². The zero-order valence-corrected chi connectivity index (χ0v) is 13.6. The number of methoxy groups -OCH3 is 1. The standard InChI is InChI=1S/C16H28N4O/c1-5-6-11-18-16(17)19-12-15(20(2)3)13-7-9-14(21-4)10-8-13/h7-10,15H,5-6,11-12H2,1-4H3,(H3,17,18,19)/t15-/m1/s1. The molecule has 3 N–H and O–H groups in total. The minimum absolute atomic E-state index is 0.197. The third kappa shape index (κ3) is 6.04. The molecule has 5 heteroatoms. The Hall–Kier alpha value is -1.75. The highest BCUT2D eigenvalue weighted by molar-refractivity contribution is 5.77. The minimum Gasteiger partial charge on any atom is -0.497 e. The van der Waals surface area contributed by atoms with Crippen LogP contribution >= 0.6 is 0 Å². The number of rotatable bonds is 8. The SMILES string of the molecule is CCCCNC(N)=NC[C@H](c1ccc(OC)cc1)N(C)C. The second-order valence-corrected chi connectivity index (χ2v) is 5.26. The number of hydrogen-bond donors (Lipinski definition) is 2. The van der Waals surface area contributed by atoms with E-state index in [1.165, 1.54) is 5.56 Å². The van der Waals surface area contributed by atoms with Gasteiger partial charge in [-0.05, 0) is 38.2 Å². The number of nitrogens with one attached hydrogen (secondary N) is 1. The van der Waals surface area contributed by atoms with Crippen molar-refractivity contribution in [2.45, 2.75) is 25.8 Å². The van der Waals surface area contributed by atoms with Crippen LogP contribution in [-0.4, -0.2) is 45.2 Å². The average Bonchev–Trinajstić information content (AvgIpc) is 2.48. The van der Waals surface area contributed by atoms with Gasteiger partial charge in [-0.1, -0.05) is 25.5 Å². The van der Waals surface area contributed by atoms with Crippen molar-refractivity contribution < 1.29 is 4.74 Å². The Bertz CT molecular complexity index is 428. The molecule has 0 spiro atoms. The molecule has 0 radical (unpaired) electrons. The lowest BCUT2D eigenvalue weighted by atomic mass is 10.1. The van der Waals surface area contributed by atoms with Crippen LogP contribution in [0.1, 0.15) is 31.4 Å². The summed E-state index contributed by atoms with van der Waals surface area (Å²) in [5.74, 6) is 1.38. The monoisotopic (exact) mass is 292 g/mol. The molecule has 1 rings (SSSR count). The first kappa shape index (κ1) is 17.3. The maximum atomic E-state index is 5.89. The Kier molecular flexibility index (Phi) is 7.61. The molecule has 0 unspecified atom stereocenters. The van der Waals surface area contributed by atoms with E-state index in [-0.39, 0.29) is 6.04 Å². The van der Waals surface area contributed by atoms with Crippen LogP contribution in [0.4, 0.5) is 0 Å². The van der Waals surface area contributed by atoms with Crippen molar-refractivity contribution in [2.75, 3.05) is 34.3 Å². The number of nitrogens with two attached hydrogens (primary N) is 1. The molecule has 1 atom stereocenters. The average molecular weight is 292 g/mol. The van der Waals surface area contributed by atoms with Gasteiger partial charge in [0.2, 0.25) is 0 Å². The molecule has 0 aromatic heterocycles. The van der Waals surface area contributed by atoms with E-state index in [9.17, 15) is 0 Å². The van der Waals surface area contributed by atoms with E-state index < -0.39 is 0 Å². The third-order valence-corrected chi connectivity index (χ3v) is 3.39. The van der Waals surface area contributed by atoms with Crippen LogP contribution in [-0.2, 0) is 0 Å². The molecule has 0 aliphatic rings. The first-order valence-electron chi connectivity index (χ1n) is 7.42. The Morgan fingerprint density at radius 2 is 2.00 bits per heavy atom. The number of unbranched alkanes of at least 4 members (excludes halogenated alkanes) is 1. The molecule has 0 heterocycles. The quantitative estimate of drug-likeness (QED) is 0.437. The van der Waals surface area contributed by atoms with Crippen LogP contribution < -0.4 is 15.8 Å². The van der Waals surface area contributed by atoms with Gasteiger partial charge in [-0.25, -0.2) is 0 Å². The molecule has 118 valence electrons. The molecule has 1 aromatic rings. The number of aliphatic imine (C=N–C) groups is 1. The molecule has 21 heavy (non-hydrogen) atoms. The van der Waals surface area contributed by atoms with Gasteiger partial charge in [-0.2, -0.15) is 0 Å². The molecular formula is C16H28N4O. The van der Waals surface area contributed by atoms with Gasteiger partial charge in [0.1, 0.15) is 5.75 Å². The predicted molar refractivity (Wildman–Crippen MR) is 88.8 cm³/mol. The summed E-state index contributed by atoms with van der Waals surface area (Å²) in [5, 5.41) is 3.14. The van der Waals surface area contributed by atoms with E-state index in [1.54, 1.807) is 7.11 Å². The Balaban J connectivity index is 2.66. The molecule has 0 saturated heterocycles. The third-order valence-electron chi connectivity index (χ3n) is 3.39. The summed E-state index contributed by atoms with van der Waals surface area (Å²) in [6.07, 6.45) is 2.25. The smallest absolute Gasteiger partial charge is 0.188 e. The number of ether oxygens (including phenoxy) is 1. The van der Waals surface area contributed by atoms with E-state index in [2.05, 4.69) is 34.3 Å². The van der Waals surface area contributed by atoms with Crippen LogP contribution in [0.15, 0.2) is 29.3 Å². The van der Waals surface area contributed by atoms with Crippen LogP contribution in [0.5, 0.6) is 5.75 Å². The minimum atomic E-state index is 0.197. The summed E-state index contributed by atoms with van der Waals surface area (Å²) in [7, 11) is 5.77. The zero-order valence-electron chi connectivity index (χ0n) is 13.6. The lowest BCUT2D eigenvalue weighted by Gasteiger charge is -2.23. The van der Waals surface area contributed by atoms with Gasteiger partial charge in [0.05, 0.1) is 19.7 Å². The Morgan fingerprint density at radius 1 is 1.33 bits per heavy atom. The Labute approximate surface area is 128 Å². The van der Waals surface area contributed by atoms with Gasteiger partial charge in [-0.15, -0.1) is 0 Å². The fourth-order valence-corrected chi connectivity index (χ4v) is 2.03. The molecule has 0 amide bonds. The first-order chi connectivity index (χ1) is 10.1. The van der Waals surface area contributed by atoms with Gasteiger partial charge in [0.15, 0.2) is 5.96 Å². The molecule has 0 aliphatic heterocycles. The van der Waals surface area contributed by atoms with Gasteiger partial charge in [-0.3, -0.25) is 4.99 Å². The second kappa shape index (κ2) is 9.23. The normalized spacial score (nSPS) is 13.3. The van der Waals surface area contributed by atoms with E-state index in [1.807, 2.05) is 26.2 Å². The number of guanidine groups is 1. The summed E-state index contributed by atoms with van der Waals surface area (Å²) in [6.45, 7) is 3.66. The van der Waals surface area contributed by atoms with Gasteiger partial charge >= 0.3 is 0 Å². The van der Waals surface area contributed by atoms with Crippen LogP contribution in [0.3, 0.4) is 0 Å². The molecule has 0 bridgehead atoms. The molecule has 0 saturated carbocycles. The number of hydrogen-bond acceptors (Lipinski definition) is 3. The van der Waals surface area contributed by atoms with Crippen molar-refractivity contribution in [2.24, 2.45) is 10.7 Å². The lowest BCUT2D eigenvalue weighted by Crippen LogP contribution is -2.33. The van der Waals surface area contributed by atoms with E-state index in [0.29, 0.717) is 12.5 Å². The van der Waals surface area contributed by atoms with E-state index >= 15 is 0 Å². The summed E-state index contributed by atoms with van der Waals surface area (Å²) in [5.41, 5.74) is 7.09. The van der Waals surface area contributed by atoms with Gasteiger partial charge < -0.3 is 20.7 Å². The molecule has 1 aromatic carbocycles. The van der Waals surface area contributed by atoms with Gasteiger partial charge in [0.25, 0.3) is 0 Å². The largest absolute Gasteiger partial charge is 0.497 e. The van der Waals surface area contributed by atoms with Crippen LogP contribution in [0.25, 0.3) is 0 Å². The summed E-state index contributed by atoms with van der Waals surface area (Å²) in [4.78, 5) is 6.59. The Morgan fingerprint density at radius 3 is 2.52 bits per heavy atom. The van der Waals surface area contributed by atoms with Crippen molar-refractivity contribution in [3.63, 3.8) is 0 Å². The summed E-state index contributed by atoms with van der Waals surface area (Å²) < 4.78 is 5.19. The molecule has 0 aliphatic carbocycles. The maximum absolute atomic E-state index is 5.89. The zero-order chi connectivity index (χ0) is 15.7. The van der Waals surface area contributed by atoms with Crippen LogP contribution in [0, 0.1) is 0 Å². The van der Waals surface area contributed by atoms with E-state index in [4.69, 9.17) is 10.5 Å². The summed E-state index contributed by atoms with van der Waals surface area (Å²) >= 11 is 0. The molecule has 5 nitrogen and oxygen atoms in total. The highest BCUT2D eigenvalue weighted by Gasteiger charge is 2.13. The number of benzene rings is 1. The van der Waals surface area contributed by atoms with Crippen molar-refractivity contribution in [1.29, 1.82) is 0 Å². The van der Waals surface area contributed by atoms with Crippen molar-refractivity contribution >= 4 is 5.96 Å². The van der Waals surface area contributed by atoms with Crippen molar-refractivity contribution in [1.82, 2.24) is 10.2 Å². The second-order valence-electron chi connectivity index (χ2n) is 5.26. The first-order valence-corrected chi connectivity index (χ1v) is 7.42. The number of nitrogens with zero attached hydrogens (tertiary/aromatic N) is 2. The lowest BCUT2D eigenvalue weighted by molar-refractivity contribution is 0.306. The fourth-order valence-electron chi connectivity index (χ4n) is 2.03. The number of likely N-dealkylation sites (N-methyl/N-ethyl adjacent to an activating group) is 1. The van der Waals surface area contributed by atoms with Crippen LogP contribution in [0.2, 0.25) is 0 Å². The highest BCUT2D eigenvalue weighted by atomic mass is 16.5. The fraction of sp³-hybridized carbons (Fsp3) is 0.562. The predicted octanol–water partition coefficient (Wildman–Crippen LogP) is 2.00. The van der Waals surface area contributed by atoms with Crippen molar-refractivity contribution in [3.05, 3.63) is 29.8 Å². The highest BCUT2D eigenvalue weighted by Crippen LogP contribution is 2.21. The summed E-state index contributed by atoms with van der Waals surface area (Å²) in [6, 6.07) is 8.28. The molecular weight excluding hydrogens is 264 g/mol. The van der Waals surface area contributed by atoms with E-state index in [0.717, 1.165) is 25.1 Å². The topological polar surface area (TPSA) is 62.9 Å². The molecule has 0 fully saturated rings.